The van der Waals surface area contributed by atoms with E-state index >= 15 is 8.78 Å². The molecule has 6 atom stereocenters. The van der Waals surface area contributed by atoms with Gasteiger partial charge in [-0.3, -0.25) is 4.90 Å². The third kappa shape index (κ3) is 7.63. The lowest BCUT2D eigenvalue weighted by molar-refractivity contribution is 0.0481. The lowest BCUT2D eigenvalue weighted by Crippen LogP contribution is -2.47. The maximum atomic E-state index is 16.7. The maximum Gasteiger partial charge on any atom is 0.407 e. The highest BCUT2D eigenvalue weighted by Gasteiger charge is 2.54. The topological polar surface area (TPSA) is 114 Å². The van der Waals surface area contributed by atoms with Crippen LogP contribution in [0.1, 0.15) is 121 Å². The van der Waals surface area contributed by atoms with E-state index in [1.54, 1.807) is 12.1 Å². The zero-order valence-corrected chi connectivity index (χ0v) is 38.9. The number of hydrogen-bond acceptors (Lipinski definition) is 7. The molecular weight excluding hydrogens is 819 g/mol. The number of imidazole rings is 2. The summed E-state index contributed by atoms with van der Waals surface area (Å²) in [5.41, 5.74) is 8.36. The molecule has 3 aromatic carbocycles. The number of nitrogens with one attached hydrogen (secondary N) is 4. The molecule has 2 aromatic heterocycles. The molecule has 12 heteroatoms. The fourth-order valence-corrected chi connectivity index (χ4v) is 11.7. The van der Waals surface area contributed by atoms with Gasteiger partial charge in [0.05, 0.1) is 48.2 Å². The van der Waals surface area contributed by atoms with Crippen molar-refractivity contribution < 1.29 is 18.3 Å². The summed E-state index contributed by atoms with van der Waals surface area (Å²) in [5, 5.41) is 6.76. The van der Waals surface area contributed by atoms with Crippen molar-refractivity contribution in [2.75, 3.05) is 20.2 Å². The number of alkyl halides is 2. The van der Waals surface area contributed by atoms with Gasteiger partial charge in [-0.1, -0.05) is 77.6 Å². The van der Waals surface area contributed by atoms with Crippen molar-refractivity contribution in [3.63, 3.8) is 0 Å². The van der Waals surface area contributed by atoms with E-state index in [1.807, 2.05) is 55.6 Å². The molecule has 4 N–H and O–H groups in total. The van der Waals surface area contributed by atoms with Gasteiger partial charge in [0.25, 0.3) is 5.92 Å². The molecule has 4 heterocycles. The standard InChI is InChI=1S/C53H64F2N8O2/c1-9-31(7)57-44(29(3)4)27-62-28-52(19-20-52)25-46(62)49-56-26-43(60-49)34-13-17-38-37-16-12-32(22-39(37)53(54,55)40(38)23-34)33-14-18-41-42(24-33)59-50(58-41)48-35-11-15-36(21-35)63(48)45(10-2)47(30(5)6)61-51(64)65-8/h10,12-14,16-18,22-24,26,29-30,35-36,44,46-48,57H,7,9,11,15,19-21,25,27-28H2,1-6,8H3,(H,56,60)(H,58,59)(H,61,64)/b45-10-/t35?,36-,44?,46+,47+,48+/m1/s1. The summed E-state index contributed by atoms with van der Waals surface area (Å²) in [7, 11) is 1.39. The number of alkyl carbamates (subject to hydrolysis) is 1. The molecule has 342 valence electrons. The molecule has 10 rings (SSSR count). The number of H-pyrrole nitrogens is 2. The Bertz CT molecular complexity index is 2680. The number of aromatic amines is 2. The van der Waals surface area contributed by atoms with E-state index < -0.39 is 12.0 Å². The van der Waals surface area contributed by atoms with E-state index in [0.29, 0.717) is 40.0 Å². The summed E-state index contributed by atoms with van der Waals surface area (Å²) in [5.74, 6) is -0.382. The Morgan fingerprint density at radius 1 is 0.954 bits per heavy atom. The summed E-state index contributed by atoms with van der Waals surface area (Å²) in [6, 6.07) is 17.5. The highest BCUT2D eigenvalue weighted by atomic mass is 19.3. The molecule has 4 fully saturated rings. The molecule has 10 nitrogen and oxygen atoms in total. The second-order valence-corrected chi connectivity index (χ2v) is 20.4. The zero-order chi connectivity index (χ0) is 45.5. The first-order valence-electron chi connectivity index (χ1n) is 23.9. The van der Waals surface area contributed by atoms with E-state index in [9.17, 15) is 4.79 Å². The Kier molecular flexibility index (Phi) is 11.0. The number of piperidine rings is 1. The Morgan fingerprint density at radius 3 is 2.34 bits per heavy atom. The minimum absolute atomic E-state index is 0.0185. The molecule has 3 aliphatic carbocycles. The predicted octanol–water partition coefficient (Wildman–Crippen LogP) is 11.6. The van der Waals surface area contributed by atoms with Crippen LogP contribution in [0.3, 0.4) is 0 Å². The summed E-state index contributed by atoms with van der Waals surface area (Å²) < 4.78 is 38.5. The number of methoxy groups -OCH3 is 1. The monoisotopic (exact) mass is 883 g/mol. The molecule has 5 aromatic rings. The summed E-state index contributed by atoms with van der Waals surface area (Å²) in [4.78, 5) is 34.8. The number of ether oxygens (including phenoxy) is 1. The van der Waals surface area contributed by atoms with Gasteiger partial charge in [-0.25, -0.2) is 14.8 Å². The van der Waals surface area contributed by atoms with Gasteiger partial charge in [-0.2, -0.15) is 8.78 Å². The first-order chi connectivity index (χ1) is 31.2. The minimum atomic E-state index is -3.18. The summed E-state index contributed by atoms with van der Waals surface area (Å²) in [6.07, 6.45) is 11.2. The van der Waals surface area contributed by atoms with E-state index in [2.05, 4.69) is 77.7 Å². The number of aromatic nitrogens is 4. The van der Waals surface area contributed by atoms with Gasteiger partial charge >= 0.3 is 6.09 Å². The molecule has 2 saturated heterocycles. The van der Waals surface area contributed by atoms with Crippen LogP contribution in [0.25, 0.3) is 44.5 Å². The van der Waals surface area contributed by atoms with E-state index in [0.717, 1.165) is 96.1 Å². The van der Waals surface area contributed by atoms with Gasteiger partial charge in [0.15, 0.2) is 0 Å². The number of likely N-dealkylation sites (tertiary alicyclic amines) is 2. The van der Waals surface area contributed by atoms with Crippen molar-refractivity contribution in [3.05, 3.63) is 108 Å². The van der Waals surface area contributed by atoms with Crippen LogP contribution < -0.4 is 10.6 Å². The molecule has 2 unspecified atom stereocenters. The largest absolute Gasteiger partial charge is 0.453 e. The van der Waals surface area contributed by atoms with Crippen molar-refractivity contribution in [1.29, 1.82) is 0 Å². The van der Waals surface area contributed by atoms with Crippen LogP contribution in [-0.4, -0.2) is 74.2 Å². The number of carbonyl (C=O) groups is 1. The van der Waals surface area contributed by atoms with E-state index in [4.69, 9.17) is 14.7 Å². The second kappa shape index (κ2) is 16.4. The number of allylic oxidation sites excluding steroid dienone is 2. The molecule has 2 saturated carbocycles. The highest BCUT2D eigenvalue weighted by Crippen LogP contribution is 2.59. The number of amides is 1. The van der Waals surface area contributed by atoms with Crippen molar-refractivity contribution >= 4 is 17.1 Å². The minimum Gasteiger partial charge on any atom is -0.453 e. The Labute approximate surface area is 381 Å². The van der Waals surface area contributed by atoms with Gasteiger partial charge < -0.3 is 30.2 Å². The SMILES string of the molecule is C=C(CC)NC(CN1CC2(CC2)C[C@H]1c1ncc(-c2ccc3c(c2)C(F)(F)c2cc(-c4ccc5nc([C@@H]6C7CC[C@H](C7)N6/C(=C\C)[C@@H](NC(=O)OC)C(C)C)[nH]c5c4)ccc2-3)[nH]1)C(C)C. The van der Waals surface area contributed by atoms with Gasteiger partial charge in [-0.05, 0) is 122 Å². The van der Waals surface area contributed by atoms with Crippen LogP contribution in [0.15, 0.2) is 84.8 Å². The second-order valence-electron chi connectivity index (χ2n) is 20.4. The number of rotatable bonds is 14. The van der Waals surface area contributed by atoms with Gasteiger partial charge in [0, 0.05) is 53.3 Å². The quantitative estimate of drug-likeness (QED) is 0.0878. The van der Waals surface area contributed by atoms with Crippen molar-refractivity contribution in [3.8, 4) is 33.5 Å². The molecule has 2 bridgehead atoms. The maximum absolute atomic E-state index is 16.7. The third-order valence-electron chi connectivity index (χ3n) is 15.6. The van der Waals surface area contributed by atoms with E-state index in [1.165, 1.54) is 20.0 Å². The number of carbonyl (C=O) groups excluding carboxylic acids is 1. The fraction of sp³-hybridized carbons (Fsp3) is 0.491. The average Bonchev–Trinajstić information content (AvgIpc) is 3.95. The first-order valence-corrected chi connectivity index (χ1v) is 23.9. The molecule has 65 heavy (non-hydrogen) atoms. The predicted molar refractivity (Wildman–Crippen MR) is 253 cm³/mol. The molecule has 1 amide bonds. The number of fused-ring (bicyclic) bond motifs is 6. The molecular formula is C53H64F2N8O2. The third-order valence-corrected chi connectivity index (χ3v) is 15.6. The van der Waals surface area contributed by atoms with Gasteiger partial charge in [-0.15, -0.1) is 0 Å². The van der Waals surface area contributed by atoms with Gasteiger partial charge in [0.1, 0.15) is 11.6 Å². The van der Waals surface area contributed by atoms with Crippen LogP contribution in [0.2, 0.25) is 0 Å². The summed E-state index contributed by atoms with van der Waals surface area (Å²) in [6.45, 7) is 19.1. The first kappa shape index (κ1) is 43.4. The Morgan fingerprint density at radius 2 is 1.66 bits per heavy atom. The van der Waals surface area contributed by atoms with Crippen LogP contribution in [0.5, 0.6) is 0 Å². The lowest BCUT2D eigenvalue weighted by Gasteiger charge is -2.41. The average molecular weight is 883 g/mol. The van der Waals surface area contributed by atoms with Crippen LogP contribution in [0, 0.1) is 23.2 Å². The number of hydrogen-bond donors (Lipinski definition) is 4. The van der Waals surface area contributed by atoms with Crippen LogP contribution in [-0.2, 0) is 10.7 Å². The van der Waals surface area contributed by atoms with Crippen LogP contribution in [0.4, 0.5) is 13.6 Å². The van der Waals surface area contributed by atoms with Gasteiger partial charge in [0.2, 0.25) is 0 Å². The molecule has 1 spiro atoms. The van der Waals surface area contributed by atoms with Crippen molar-refractivity contribution in [1.82, 2.24) is 40.4 Å². The number of benzene rings is 3. The highest BCUT2D eigenvalue weighted by molar-refractivity contribution is 5.87. The Balaban J connectivity index is 0.895. The van der Waals surface area contributed by atoms with E-state index in [-0.39, 0.29) is 41.2 Å². The van der Waals surface area contributed by atoms with Crippen LogP contribution >= 0.6 is 0 Å². The van der Waals surface area contributed by atoms with Crippen molar-refractivity contribution in [2.24, 2.45) is 23.2 Å². The fourth-order valence-electron chi connectivity index (χ4n) is 11.7. The zero-order valence-electron chi connectivity index (χ0n) is 38.9. The Hall–Kier alpha value is -5.49. The summed E-state index contributed by atoms with van der Waals surface area (Å²) >= 11 is 0. The van der Waals surface area contributed by atoms with Crippen molar-refractivity contribution in [2.45, 2.75) is 123 Å². The smallest absolute Gasteiger partial charge is 0.407 e. The number of nitrogens with zero attached hydrogens (tertiary/aromatic N) is 4. The molecule has 2 aliphatic heterocycles. The normalized spacial score (nSPS) is 23.7. The molecule has 5 aliphatic rings. The number of halogens is 2. The molecule has 0 radical (unpaired) electrons. The lowest BCUT2D eigenvalue weighted by atomic mass is 9.93.